The zero-order valence-electron chi connectivity index (χ0n) is 11.3. The number of hydrogen-bond acceptors (Lipinski definition) is 5. The first-order chi connectivity index (χ1) is 8.46. The fourth-order valence-corrected chi connectivity index (χ4v) is 1.73. The molecule has 102 valence electrons. The lowest BCUT2D eigenvalue weighted by atomic mass is 10.1. The standard InChI is InChI=1S/C12H20ClN3O2/c1-5-18-7-11-14-9(13)6-10(15-11)16-12(2,3)8-17-4/h6H,5,7-8H2,1-4H3,(H,14,15,16). The number of nitrogens with zero attached hydrogens (tertiary/aromatic N) is 2. The lowest BCUT2D eigenvalue weighted by Gasteiger charge is -2.26. The Morgan fingerprint density at radius 1 is 1.39 bits per heavy atom. The smallest absolute Gasteiger partial charge is 0.158 e. The molecule has 0 radical (unpaired) electrons. The summed E-state index contributed by atoms with van der Waals surface area (Å²) in [5.41, 5.74) is -0.227. The molecule has 0 atom stereocenters. The highest BCUT2D eigenvalue weighted by Gasteiger charge is 2.18. The number of methoxy groups -OCH3 is 1. The third kappa shape index (κ3) is 5.16. The Labute approximate surface area is 113 Å². The van der Waals surface area contributed by atoms with Crippen LogP contribution in [0.25, 0.3) is 0 Å². The molecule has 1 heterocycles. The topological polar surface area (TPSA) is 56.3 Å². The van der Waals surface area contributed by atoms with E-state index in [0.29, 0.717) is 36.6 Å². The highest BCUT2D eigenvalue weighted by molar-refractivity contribution is 6.29. The van der Waals surface area contributed by atoms with Crippen LogP contribution in [0.1, 0.15) is 26.6 Å². The van der Waals surface area contributed by atoms with Crippen molar-refractivity contribution in [1.82, 2.24) is 9.97 Å². The van der Waals surface area contributed by atoms with Crippen LogP contribution in [0.4, 0.5) is 5.82 Å². The van der Waals surface area contributed by atoms with Crippen molar-refractivity contribution < 1.29 is 9.47 Å². The van der Waals surface area contributed by atoms with E-state index in [9.17, 15) is 0 Å². The van der Waals surface area contributed by atoms with Gasteiger partial charge in [0.25, 0.3) is 0 Å². The molecule has 0 amide bonds. The third-order valence-electron chi connectivity index (χ3n) is 2.15. The first kappa shape index (κ1) is 15.1. The minimum Gasteiger partial charge on any atom is -0.382 e. The predicted octanol–water partition coefficient (Wildman–Crippen LogP) is 2.50. The van der Waals surface area contributed by atoms with Crippen molar-refractivity contribution >= 4 is 17.4 Å². The summed E-state index contributed by atoms with van der Waals surface area (Å²) in [4.78, 5) is 8.46. The summed E-state index contributed by atoms with van der Waals surface area (Å²) in [6.07, 6.45) is 0. The van der Waals surface area contributed by atoms with Crippen molar-refractivity contribution in [2.75, 3.05) is 25.6 Å². The average molecular weight is 274 g/mol. The molecule has 0 saturated heterocycles. The Kier molecular flexibility index (Phi) is 5.78. The summed E-state index contributed by atoms with van der Waals surface area (Å²) in [6.45, 7) is 7.51. The van der Waals surface area contributed by atoms with Crippen LogP contribution in [-0.4, -0.2) is 35.8 Å². The second-order valence-corrected chi connectivity index (χ2v) is 4.96. The van der Waals surface area contributed by atoms with E-state index in [0.717, 1.165) is 0 Å². The van der Waals surface area contributed by atoms with E-state index < -0.39 is 0 Å². The second kappa shape index (κ2) is 6.87. The maximum absolute atomic E-state index is 5.96. The fraction of sp³-hybridized carbons (Fsp3) is 0.667. The molecule has 0 fully saturated rings. The van der Waals surface area contributed by atoms with Gasteiger partial charge in [0, 0.05) is 19.8 Å². The zero-order chi connectivity index (χ0) is 13.6. The summed E-state index contributed by atoms with van der Waals surface area (Å²) in [7, 11) is 1.66. The van der Waals surface area contributed by atoms with Gasteiger partial charge in [-0.05, 0) is 20.8 Å². The van der Waals surface area contributed by atoms with E-state index in [1.54, 1.807) is 13.2 Å². The van der Waals surface area contributed by atoms with Crippen LogP contribution in [0.15, 0.2) is 6.07 Å². The van der Waals surface area contributed by atoms with Crippen LogP contribution < -0.4 is 5.32 Å². The molecule has 1 aromatic rings. The summed E-state index contributed by atoms with van der Waals surface area (Å²) >= 11 is 5.96. The van der Waals surface area contributed by atoms with Crippen LogP contribution in [0, 0.1) is 0 Å². The minimum absolute atomic E-state index is 0.227. The number of hydrogen-bond donors (Lipinski definition) is 1. The molecular weight excluding hydrogens is 254 g/mol. The van der Waals surface area contributed by atoms with Gasteiger partial charge in [-0.15, -0.1) is 0 Å². The molecule has 18 heavy (non-hydrogen) atoms. The number of nitrogens with one attached hydrogen (secondary N) is 1. The Bertz CT molecular complexity index is 386. The number of anilines is 1. The van der Waals surface area contributed by atoms with E-state index in [2.05, 4.69) is 15.3 Å². The van der Waals surface area contributed by atoms with Gasteiger partial charge in [-0.1, -0.05) is 11.6 Å². The molecule has 0 unspecified atom stereocenters. The highest BCUT2D eigenvalue weighted by atomic mass is 35.5. The van der Waals surface area contributed by atoms with Crippen molar-refractivity contribution in [1.29, 1.82) is 0 Å². The van der Waals surface area contributed by atoms with Gasteiger partial charge in [0.05, 0.1) is 12.1 Å². The van der Waals surface area contributed by atoms with Crippen molar-refractivity contribution in [3.05, 3.63) is 17.0 Å². The third-order valence-corrected chi connectivity index (χ3v) is 2.34. The van der Waals surface area contributed by atoms with Gasteiger partial charge in [-0.25, -0.2) is 9.97 Å². The molecule has 0 bridgehead atoms. The Morgan fingerprint density at radius 2 is 2.11 bits per heavy atom. The molecule has 0 aromatic carbocycles. The molecule has 1 aromatic heterocycles. The normalized spacial score (nSPS) is 11.6. The van der Waals surface area contributed by atoms with Gasteiger partial charge in [-0.2, -0.15) is 0 Å². The molecular formula is C12H20ClN3O2. The van der Waals surface area contributed by atoms with Gasteiger partial charge < -0.3 is 14.8 Å². The van der Waals surface area contributed by atoms with Crippen molar-refractivity contribution in [2.45, 2.75) is 32.9 Å². The monoisotopic (exact) mass is 273 g/mol. The zero-order valence-corrected chi connectivity index (χ0v) is 12.0. The number of aromatic nitrogens is 2. The van der Waals surface area contributed by atoms with Crippen LogP contribution in [0.3, 0.4) is 0 Å². The Morgan fingerprint density at radius 3 is 2.72 bits per heavy atom. The van der Waals surface area contributed by atoms with Gasteiger partial charge in [0.2, 0.25) is 0 Å². The van der Waals surface area contributed by atoms with Gasteiger partial charge in [-0.3, -0.25) is 0 Å². The number of rotatable bonds is 7. The fourth-order valence-electron chi connectivity index (χ4n) is 1.53. The highest BCUT2D eigenvalue weighted by Crippen LogP contribution is 2.17. The first-order valence-corrected chi connectivity index (χ1v) is 6.23. The van der Waals surface area contributed by atoms with Gasteiger partial charge >= 0.3 is 0 Å². The predicted molar refractivity (Wildman–Crippen MR) is 71.9 cm³/mol. The van der Waals surface area contributed by atoms with E-state index in [4.69, 9.17) is 21.1 Å². The van der Waals surface area contributed by atoms with Crippen molar-refractivity contribution in [2.24, 2.45) is 0 Å². The van der Waals surface area contributed by atoms with E-state index in [1.807, 2.05) is 20.8 Å². The number of halogens is 1. The summed E-state index contributed by atoms with van der Waals surface area (Å²) in [5, 5.41) is 3.66. The molecule has 6 heteroatoms. The van der Waals surface area contributed by atoms with Crippen LogP contribution in [0.5, 0.6) is 0 Å². The SMILES string of the molecule is CCOCc1nc(Cl)cc(NC(C)(C)COC)n1. The van der Waals surface area contributed by atoms with E-state index in [1.165, 1.54) is 0 Å². The maximum atomic E-state index is 5.96. The van der Waals surface area contributed by atoms with E-state index in [-0.39, 0.29) is 5.54 Å². The van der Waals surface area contributed by atoms with Crippen molar-refractivity contribution in [3.63, 3.8) is 0 Å². The molecule has 0 aliphatic rings. The Hall–Kier alpha value is -0.910. The molecule has 5 nitrogen and oxygen atoms in total. The second-order valence-electron chi connectivity index (χ2n) is 4.57. The largest absolute Gasteiger partial charge is 0.382 e. The number of ether oxygens (including phenoxy) is 2. The van der Waals surface area contributed by atoms with Crippen LogP contribution >= 0.6 is 11.6 Å². The molecule has 1 rings (SSSR count). The quantitative estimate of drug-likeness (QED) is 0.774. The molecule has 0 aliphatic carbocycles. The lowest BCUT2D eigenvalue weighted by Crippen LogP contribution is -2.36. The van der Waals surface area contributed by atoms with Crippen molar-refractivity contribution in [3.8, 4) is 0 Å². The lowest BCUT2D eigenvalue weighted by molar-refractivity contribution is 0.128. The van der Waals surface area contributed by atoms with Gasteiger partial charge in [0.1, 0.15) is 17.6 Å². The molecule has 0 saturated carbocycles. The van der Waals surface area contributed by atoms with Crippen LogP contribution in [0.2, 0.25) is 5.15 Å². The molecule has 0 spiro atoms. The summed E-state index contributed by atoms with van der Waals surface area (Å²) < 4.78 is 10.4. The Balaban J connectivity index is 2.79. The van der Waals surface area contributed by atoms with Crippen LogP contribution in [-0.2, 0) is 16.1 Å². The summed E-state index contributed by atoms with van der Waals surface area (Å²) in [5.74, 6) is 1.24. The molecule has 1 N–H and O–H groups in total. The van der Waals surface area contributed by atoms with Gasteiger partial charge in [0.15, 0.2) is 5.82 Å². The summed E-state index contributed by atoms with van der Waals surface area (Å²) in [6, 6.07) is 1.69. The molecule has 0 aliphatic heterocycles. The van der Waals surface area contributed by atoms with E-state index >= 15 is 0 Å². The average Bonchev–Trinajstić information content (AvgIpc) is 2.24. The first-order valence-electron chi connectivity index (χ1n) is 5.85. The minimum atomic E-state index is -0.227. The maximum Gasteiger partial charge on any atom is 0.158 e.